The summed E-state index contributed by atoms with van der Waals surface area (Å²) in [7, 11) is -11.3. The second kappa shape index (κ2) is 6.62. The van der Waals surface area contributed by atoms with Crippen LogP contribution in [0.2, 0.25) is 0 Å². The molecule has 10 nitrogen and oxygen atoms in total. The maximum Gasteiger partial charge on any atom is 0.283 e. The molecule has 0 spiro atoms. The topological polar surface area (TPSA) is 163 Å². The van der Waals surface area contributed by atoms with Crippen LogP contribution in [-0.4, -0.2) is 53.2 Å². The molecule has 21 heavy (non-hydrogen) atoms. The average Bonchev–Trinajstić information content (AvgIpc) is 2.85. The molecular weight excluding hydrogens is 366 g/mol. The standard InChI is InChI=1S/C7H13N3O7S4/c1-19(11,12)6-9-10-7(18-6)20(13,14)4-2-3-5-21(15,16)17-8/h2-5,8H2,1H3. The molecule has 0 aliphatic heterocycles. The van der Waals surface area contributed by atoms with Crippen LogP contribution in [0.3, 0.4) is 0 Å². The average molecular weight is 379 g/mol. The van der Waals surface area contributed by atoms with Gasteiger partial charge < -0.3 is 0 Å². The third-order valence-electron chi connectivity index (χ3n) is 2.18. The van der Waals surface area contributed by atoms with E-state index in [4.69, 9.17) is 0 Å². The minimum atomic E-state index is -3.84. The zero-order valence-electron chi connectivity index (χ0n) is 10.8. The zero-order valence-corrected chi connectivity index (χ0v) is 14.1. The third kappa shape index (κ3) is 5.55. The van der Waals surface area contributed by atoms with Gasteiger partial charge in [0, 0.05) is 6.26 Å². The lowest BCUT2D eigenvalue weighted by atomic mass is 10.4. The predicted molar refractivity (Wildman–Crippen MR) is 73.4 cm³/mol. The number of nitrogens with zero attached hydrogens (tertiary/aromatic N) is 2. The molecule has 1 aromatic rings. The summed E-state index contributed by atoms with van der Waals surface area (Å²) in [5, 5.41) is 6.64. The Balaban J connectivity index is 2.69. The highest BCUT2D eigenvalue weighted by molar-refractivity contribution is 7.95. The Hall–Kier alpha value is -0.670. The van der Waals surface area contributed by atoms with Gasteiger partial charge in [-0.25, -0.2) is 16.8 Å². The molecule has 0 aromatic carbocycles. The summed E-state index contributed by atoms with van der Waals surface area (Å²) in [4.78, 5) is 0. The highest BCUT2D eigenvalue weighted by Crippen LogP contribution is 2.21. The third-order valence-corrected chi connectivity index (χ3v) is 8.10. The summed E-state index contributed by atoms with van der Waals surface area (Å²) in [6, 6.07) is 0. The van der Waals surface area contributed by atoms with Crippen molar-refractivity contribution in [3.05, 3.63) is 0 Å². The summed E-state index contributed by atoms with van der Waals surface area (Å²) in [5.74, 6) is 3.73. The fourth-order valence-electron chi connectivity index (χ4n) is 1.18. The van der Waals surface area contributed by atoms with Gasteiger partial charge in [-0.15, -0.1) is 10.2 Å². The molecule has 0 saturated heterocycles. The van der Waals surface area contributed by atoms with Gasteiger partial charge in [0.1, 0.15) is 0 Å². The Bertz CT molecular complexity index is 793. The molecule has 0 saturated carbocycles. The summed E-state index contributed by atoms with van der Waals surface area (Å²) in [6.45, 7) is 0. The Morgan fingerprint density at radius 3 is 2.00 bits per heavy atom. The SMILES string of the molecule is CS(=O)(=O)c1nnc(S(=O)(=O)CCCCS(=O)(=O)ON)s1. The van der Waals surface area contributed by atoms with Gasteiger partial charge in [-0.2, -0.15) is 18.6 Å². The second-order valence-electron chi connectivity index (χ2n) is 3.99. The lowest BCUT2D eigenvalue weighted by molar-refractivity contribution is 0.332. The number of sulfone groups is 2. The van der Waals surface area contributed by atoms with Crippen molar-refractivity contribution in [2.24, 2.45) is 5.90 Å². The van der Waals surface area contributed by atoms with Crippen molar-refractivity contribution in [1.29, 1.82) is 0 Å². The summed E-state index contributed by atoms with van der Waals surface area (Å²) in [5.41, 5.74) is 0. The maximum absolute atomic E-state index is 11.9. The number of unbranched alkanes of at least 4 members (excludes halogenated alkanes) is 1. The van der Waals surface area contributed by atoms with E-state index in [9.17, 15) is 25.3 Å². The summed E-state index contributed by atoms with van der Waals surface area (Å²) in [6.07, 6.45) is 0.941. The Kier molecular flexibility index (Phi) is 5.79. The molecule has 1 rings (SSSR count). The van der Waals surface area contributed by atoms with Crippen LogP contribution >= 0.6 is 11.3 Å². The number of hydrogen-bond acceptors (Lipinski definition) is 11. The fourth-order valence-corrected chi connectivity index (χ4v) is 5.25. The summed E-state index contributed by atoms with van der Waals surface area (Å²) >= 11 is 0.454. The van der Waals surface area contributed by atoms with E-state index < -0.39 is 39.9 Å². The van der Waals surface area contributed by atoms with Crippen LogP contribution < -0.4 is 5.90 Å². The van der Waals surface area contributed by atoms with Crippen molar-refractivity contribution in [3.63, 3.8) is 0 Å². The maximum atomic E-state index is 11.9. The molecule has 122 valence electrons. The molecule has 1 aromatic heterocycles. The lowest BCUT2D eigenvalue weighted by Gasteiger charge is -2.01. The first kappa shape index (κ1) is 18.4. The second-order valence-corrected chi connectivity index (χ2v) is 11.2. The number of aromatic nitrogens is 2. The first-order chi connectivity index (χ1) is 9.48. The van der Waals surface area contributed by atoms with Gasteiger partial charge in [0.2, 0.25) is 28.4 Å². The van der Waals surface area contributed by atoms with Crippen molar-refractivity contribution in [3.8, 4) is 0 Å². The number of rotatable bonds is 8. The van der Waals surface area contributed by atoms with Gasteiger partial charge in [0.15, 0.2) is 0 Å². The first-order valence-corrected chi connectivity index (χ1v) is 11.3. The van der Waals surface area contributed by atoms with Gasteiger partial charge in [0.05, 0.1) is 11.5 Å². The molecule has 0 bridgehead atoms. The van der Waals surface area contributed by atoms with Gasteiger partial charge in [-0.3, -0.25) is 0 Å². The van der Waals surface area contributed by atoms with Crippen LogP contribution in [0.1, 0.15) is 12.8 Å². The van der Waals surface area contributed by atoms with Crippen molar-refractivity contribution in [2.75, 3.05) is 17.8 Å². The molecule has 0 aliphatic rings. The molecule has 0 radical (unpaired) electrons. The summed E-state index contributed by atoms with van der Waals surface area (Å²) < 4.78 is 70.9. The van der Waals surface area contributed by atoms with Gasteiger partial charge >= 0.3 is 0 Å². The van der Waals surface area contributed by atoms with Gasteiger partial charge in [0.25, 0.3) is 10.1 Å². The van der Waals surface area contributed by atoms with Crippen LogP contribution in [0.4, 0.5) is 0 Å². The van der Waals surface area contributed by atoms with E-state index in [2.05, 4.69) is 20.4 Å². The molecule has 14 heteroatoms. The molecule has 0 atom stereocenters. The Morgan fingerprint density at radius 2 is 1.52 bits per heavy atom. The minimum absolute atomic E-state index is 0.0243. The molecule has 0 aliphatic carbocycles. The molecule has 2 N–H and O–H groups in total. The Labute approximate surface area is 126 Å². The predicted octanol–water partition coefficient (Wildman–Crippen LogP) is -1.28. The van der Waals surface area contributed by atoms with Crippen molar-refractivity contribution >= 4 is 41.1 Å². The van der Waals surface area contributed by atoms with E-state index >= 15 is 0 Å². The molecular formula is C7H13N3O7S4. The van der Waals surface area contributed by atoms with E-state index in [0.29, 0.717) is 11.3 Å². The van der Waals surface area contributed by atoms with E-state index in [-0.39, 0.29) is 22.9 Å². The van der Waals surface area contributed by atoms with Crippen LogP contribution in [0.15, 0.2) is 8.68 Å². The number of nitrogens with two attached hydrogens (primary N) is 1. The van der Waals surface area contributed by atoms with Crippen LogP contribution in [-0.2, 0) is 34.1 Å². The normalized spacial score (nSPS) is 13.4. The van der Waals surface area contributed by atoms with E-state index in [1.54, 1.807) is 0 Å². The highest BCUT2D eigenvalue weighted by atomic mass is 32.3. The Morgan fingerprint density at radius 1 is 1.00 bits per heavy atom. The van der Waals surface area contributed by atoms with Crippen molar-refractivity contribution in [2.45, 2.75) is 21.5 Å². The van der Waals surface area contributed by atoms with E-state index in [0.717, 1.165) is 6.26 Å². The van der Waals surface area contributed by atoms with Crippen molar-refractivity contribution in [1.82, 2.24) is 10.2 Å². The van der Waals surface area contributed by atoms with Crippen LogP contribution in [0, 0.1) is 0 Å². The molecule has 0 unspecified atom stereocenters. The molecule has 0 fully saturated rings. The van der Waals surface area contributed by atoms with Crippen LogP contribution in [0.5, 0.6) is 0 Å². The first-order valence-electron chi connectivity index (χ1n) is 5.35. The van der Waals surface area contributed by atoms with Crippen molar-refractivity contribution < 1.29 is 29.5 Å². The minimum Gasteiger partial charge on any atom is -0.221 e. The lowest BCUT2D eigenvalue weighted by Crippen LogP contribution is -2.16. The fraction of sp³-hybridized carbons (Fsp3) is 0.714. The molecule has 0 amide bonds. The monoisotopic (exact) mass is 379 g/mol. The zero-order chi connectivity index (χ0) is 16.3. The number of hydrogen-bond donors (Lipinski definition) is 1. The van der Waals surface area contributed by atoms with Gasteiger partial charge in [-0.05, 0) is 12.8 Å². The van der Waals surface area contributed by atoms with E-state index in [1.165, 1.54) is 0 Å². The van der Waals surface area contributed by atoms with E-state index in [1.807, 2.05) is 0 Å². The van der Waals surface area contributed by atoms with Gasteiger partial charge in [-0.1, -0.05) is 11.3 Å². The quantitative estimate of drug-likeness (QED) is 0.424. The molecule has 1 heterocycles. The smallest absolute Gasteiger partial charge is 0.221 e. The largest absolute Gasteiger partial charge is 0.283 e. The van der Waals surface area contributed by atoms with Crippen LogP contribution in [0.25, 0.3) is 0 Å². The highest BCUT2D eigenvalue weighted by Gasteiger charge is 2.23.